The number of aromatic nitrogens is 1. The minimum absolute atomic E-state index is 0.0900. The van der Waals surface area contributed by atoms with E-state index in [2.05, 4.69) is 10.3 Å². The summed E-state index contributed by atoms with van der Waals surface area (Å²) in [5.74, 6) is -1.26. The highest BCUT2D eigenvalue weighted by Gasteiger charge is 2.35. The third-order valence-electron chi connectivity index (χ3n) is 3.90. The predicted octanol–water partition coefficient (Wildman–Crippen LogP) is 3.02. The maximum absolute atomic E-state index is 12.1. The Morgan fingerprint density at radius 2 is 2.14 bits per heavy atom. The summed E-state index contributed by atoms with van der Waals surface area (Å²) < 4.78 is 4.99. The van der Waals surface area contributed by atoms with E-state index < -0.39 is 11.4 Å². The highest BCUT2D eigenvalue weighted by atomic mass is 32.1. The van der Waals surface area contributed by atoms with Crippen LogP contribution in [0.25, 0.3) is 10.6 Å². The van der Waals surface area contributed by atoms with Gasteiger partial charge < -0.3 is 14.8 Å². The number of carbonyl (C=O) groups excluding carboxylic acids is 1. The molecule has 22 heavy (non-hydrogen) atoms. The zero-order chi connectivity index (χ0) is 16.2. The zero-order valence-electron chi connectivity index (χ0n) is 12.5. The summed E-state index contributed by atoms with van der Waals surface area (Å²) in [5.41, 5.74) is 0.165. The molecule has 0 spiro atoms. The van der Waals surface area contributed by atoms with E-state index in [1.54, 1.807) is 24.0 Å². The summed E-state index contributed by atoms with van der Waals surface area (Å²) in [6, 6.07) is 1.77. The van der Waals surface area contributed by atoms with Crippen LogP contribution in [0.1, 0.15) is 37.2 Å². The van der Waals surface area contributed by atoms with Crippen molar-refractivity contribution in [2.24, 2.45) is 5.41 Å². The van der Waals surface area contributed by atoms with Gasteiger partial charge in [-0.25, -0.2) is 4.98 Å². The second-order valence-electron chi connectivity index (χ2n) is 5.03. The zero-order valence-corrected chi connectivity index (χ0v) is 13.3. The van der Waals surface area contributed by atoms with Crippen LogP contribution in [0.4, 0.5) is 0 Å². The summed E-state index contributed by atoms with van der Waals surface area (Å²) in [6.45, 7) is 3.71. The van der Waals surface area contributed by atoms with Gasteiger partial charge in [-0.2, -0.15) is 0 Å². The van der Waals surface area contributed by atoms with Crippen molar-refractivity contribution in [2.75, 3.05) is 6.54 Å². The fraction of sp³-hybridized carbons (Fsp3) is 0.400. The van der Waals surface area contributed by atoms with Crippen molar-refractivity contribution in [3.63, 3.8) is 0 Å². The molecule has 0 aromatic carbocycles. The highest BCUT2D eigenvalue weighted by Crippen LogP contribution is 2.26. The molecule has 2 heterocycles. The van der Waals surface area contributed by atoms with Crippen LogP contribution in [-0.4, -0.2) is 28.5 Å². The molecule has 2 rings (SSSR count). The molecule has 7 heteroatoms. The van der Waals surface area contributed by atoms with E-state index in [1.165, 1.54) is 11.3 Å². The number of carboxylic acid groups (broad SMARTS) is 1. The van der Waals surface area contributed by atoms with Gasteiger partial charge in [0.05, 0.1) is 11.7 Å². The molecule has 118 valence electrons. The van der Waals surface area contributed by atoms with Gasteiger partial charge in [-0.1, -0.05) is 13.8 Å². The number of hydrogen-bond acceptors (Lipinski definition) is 5. The second kappa shape index (κ2) is 6.74. The Labute approximate surface area is 132 Å². The maximum atomic E-state index is 12.1. The van der Waals surface area contributed by atoms with Crippen LogP contribution in [0, 0.1) is 5.41 Å². The molecule has 6 nitrogen and oxygen atoms in total. The highest BCUT2D eigenvalue weighted by molar-refractivity contribution is 7.13. The van der Waals surface area contributed by atoms with Gasteiger partial charge in [-0.3, -0.25) is 9.59 Å². The molecule has 0 aliphatic rings. The third kappa shape index (κ3) is 3.19. The van der Waals surface area contributed by atoms with E-state index in [1.807, 2.05) is 13.8 Å². The maximum Gasteiger partial charge on any atom is 0.311 e. The van der Waals surface area contributed by atoms with Crippen molar-refractivity contribution < 1.29 is 19.1 Å². The van der Waals surface area contributed by atoms with E-state index in [9.17, 15) is 14.7 Å². The Bertz CT molecular complexity index is 644. The molecule has 0 fully saturated rings. The lowest BCUT2D eigenvalue weighted by Crippen LogP contribution is -2.42. The molecule has 0 unspecified atom stereocenters. The van der Waals surface area contributed by atoms with Gasteiger partial charge in [-0.15, -0.1) is 11.3 Å². The van der Waals surface area contributed by atoms with Crippen LogP contribution in [0.2, 0.25) is 0 Å². The van der Waals surface area contributed by atoms with Crippen LogP contribution in [-0.2, 0) is 4.79 Å². The number of rotatable bonds is 7. The molecule has 0 atom stereocenters. The van der Waals surface area contributed by atoms with E-state index in [4.69, 9.17) is 4.42 Å². The fourth-order valence-corrected chi connectivity index (χ4v) is 2.90. The first-order valence-electron chi connectivity index (χ1n) is 7.02. The first kappa shape index (κ1) is 16.2. The molecular formula is C15H18N2O4S. The SMILES string of the molecule is CCC(CC)(CNC(=O)c1csc(-c2ccoc2)n1)C(=O)O. The van der Waals surface area contributed by atoms with Crippen LogP contribution in [0.15, 0.2) is 28.4 Å². The predicted molar refractivity (Wildman–Crippen MR) is 82.8 cm³/mol. The topological polar surface area (TPSA) is 92.4 Å². The third-order valence-corrected chi connectivity index (χ3v) is 4.79. The Balaban J connectivity index is 2.05. The number of hydrogen-bond donors (Lipinski definition) is 2. The monoisotopic (exact) mass is 322 g/mol. The summed E-state index contributed by atoms with van der Waals surface area (Å²) in [6.07, 6.45) is 4.01. The molecule has 2 aromatic heterocycles. The lowest BCUT2D eigenvalue weighted by molar-refractivity contribution is -0.149. The molecule has 0 radical (unpaired) electrons. The molecular weight excluding hydrogens is 304 g/mol. The molecule has 0 aliphatic carbocycles. The molecule has 0 saturated carbocycles. The number of thiazole rings is 1. The number of carbonyl (C=O) groups is 2. The molecule has 0 aliphatic heterocycles. The van der Waals surface area contributed by atoms with Crippen LogP contribution in [0.5, 0.6) is 0 Å². The number of carboxylic acids is 1. The van der Waals surface area contributed by atoms with Crippen molar-refractivity contribution in [3.8, 4) is 10.6 Å². The molecule has 0 bridgehead atoms. The van der Waals surface area contributed by atoms with Gasteiger partial charge in [0.2, 0.25) is 0 Å². The Hall–Kier alpha value is -2.15. The summed E-state index contributed by atoms with van der Waals surface area (Å²) in [4.78, 5) is 27.8. The second-order valence-corrected chi connectivity index (χ2v) is 5.88. The van der Waals surface area contributed by atoms with Gasteiger partial charge in [-0.05, 0) is 18.9 Å². The largest absolute Gasteiger partial charge is 0.481 e. The smallest absolute Gasteiger partial charge is 0.311 e. The average Bonchev–Trinajstić information content (AvgIpc) is 3.19. The van der Waals surface area contributed by atoms with Gasteiger partial charge in [0.15, 0.2) is 0 Å². The van der Waals surface area contributed by atoms with Crippen LogP contribution >= 0.6 is 11.3 Å². The first-order chi connectivity index (χ1) is 10.5. The Morgan fingerprint density at radius 1 is 1.41 bits per heavy atom. The Morgan fingerprint density at radius 3 is 2.68 bits per heavy atom. The summed E-state index contributed by atoms with van der Waals surface area (Å²) in [5, 5.41) is 14.4. The number of amides is 1. The van der Waals surface area contributed by atoms with Crippen molar-refractivity contribution in [3.05, 3.63) is 29.7 Å². The van der Waals surface area contributed by atoms with Gasteiger partial charge in [0.25, 0.3) is 5.91 Å². The summed E-state index contributed by atoms with van der Waals surface area (Å²) >= 11 is 1.34. The average molecular weight is 322 g/mol. The van der Waals surface area contributed by atoms with Crippen molar-refractivity contribution in [2.45, 2.75) is 26.7 Å². The lowest BCUT2D eigenvalue weighted by atomic mass is 9.82. The molecule has 2 aromatic rings. The summed E-state index contributed by atoms with van der Waals surface area (Å²) in [7, 11) is 0. The minimum atomic E-state index is -0.931. The fourth-order valence-electron chi connectivity index (χ4n) is 2.11. The van der Waals surface area contributed by atoms with E-state index in [-0.39, 0.29) is 18.1 Å². The number of nitrogens with one attached hydrogen (secondary N) is 1. The molecule has 0 saturated heterocycles. The molecule has 1 amide bonds. The van der Waals surface area contributed by atoms with Crippen molar-refractivity contribution in [1.29, 1.82) is 0 Å². The number of furan rings is 1. The van der Waals surface area contributed by atoms with Crippen molar-refractivity contribution >= 4 is 23.2 Å². The number of nitrogens with zero attached hydrogens (tertiary/aromatic N) is 1. The van der Waals surface area contributed by atoms with Gasteiger partial charge >= 0.3 is 5.97 Å². The number of aliphatic carboxylic acids is 1. The Kier molecular flexibility index (Phi) is 4.97. The van der Waals surface area contributed by atoms with E-state index >= 15 is 0 Å². The normalized spacial score (nSPS) is 11.4. The lowest BCUT2D eigenvalue weighted by Gasteiger charge is -2.26. The van der Waals surface area contributed by atoms with Crippen molar-refractivity contribution in [1.82, 2.24) is 10.3 Å². The van der Waals surface area contributed by atoms with E-state index in [0.717, 1.165) is 5.56 Å². The quantitative estimate of drug-likeness (QED) is 0.817. The first-order valence-corrected chi connectivity index (χ1v) is 7.90. The minimum Gasteiger partial charge on any atom is -0.481 e. The van der Waals surface area contributed by atoms with Gasteiger partial charge in [0, 0.05) is 17.5 Å². The standard InChI is InChI=1S/C15H18N2O4S/c1-3-15(4-2,14(19)20)9-16-12(18)11-8-22-13(17-11)10-5-6-21-7-10/h5-8H,3-4,9H2,1-2H3,(H,16,18)(H,19,20). The van der Waals surface area contributed by atoms with Crippen LogP contribution in [0.3, 0.4) is 0 Å². The van der Waals surface area contributed by atoms with E-state index in [0.29, 0.717) is 17.8 Å². The molecule has 2 N–H and O–H groups in total. The van der Waals surface area contributed by atoms with Crippen LogP contribution < -0.4 is 5.32 Å². The van der Waals surface area contributed by atoms with Gasteiger partial charge in [0.1, 0.15) is 17.0 Å².